The van der Waals surface area contributed by atoms with E-state index in [2.05, 4.69) is 9.97 Å². The molecular formula is C11H11ClF3N3. The van der Waals surface area contributed by atoms with E-state index in [1.54, 1.807) is 20.8 Å². The SMILES string of the molecule is CC(C)(C)c1nc2cc(C(F)(F)Cl)ncn2c1F. The van der Waals surface area contributed by atoms with Crippen molar-refractivity contribution in [3.05, 3.63) is 29.7 Å². The van der Waals surface area contributed by atoms with Gasteiger partial charge in [-0.25, -0.2) is 9.97 Å². The first kappa shape index (κ1) is 13.1. The fourth-order valence-electron chi connectivity index (χ4n) is 1.55. The summed E-state index contributed by atoms with van der Waals surface area (Å²) in [6.07, 6.45) is 0.957. The summed E-state index contributed by atoms with van der Waals surface area (Å²) in [4.78, 5) is 7.45. The van der Waals surface area contributed by atoms with Crippen LogP contribution in [0.15, 0.2) is 12.4 Å². The van der Waals surface area contributed by atoms with Gasteiger partial charge in [-0.3, -0.25) is 4.40 Å². The molecule has 0 unspecified atom stereocenters. The molecule has 0 amide bonds. The molecule has 0 radical (unpaired) electrons. The van der Waals surface area contributed by atoms with E-state index in [1.807, 2.05) is 0 Å². The van der Waals surface area contributed by atoms with Crippen LogP contribution in [-0.4, -0.2) is 14.4 Å². The van der Waals surface area contributed by atoms with Crippen molar-refractivity contribution < 1.29 is 13.2 Å². The minimum atomic E-state index is -3.59. The van der Waals surface area contributed by atoms with Gasteiger partial charge in [-0.2, -0.15) is 13.2 Å². The van der Waals surface area contributed by atoms with Crippen LogP contribution in [0.1, 0.15) is 32.2 Å². The van der Waals surface area contributed by atoms with Crippen LogP contribution >= 0.6 is 11.6 Å². The predicted octanol–water partition coefficient (Wildman–Crippen LogP) is 3.45. The molecule has 7 heteroatoms. The van der Waals surface area contributed by atoms with Gasteiger partial charge in [0.2, 0.25) is 5.95 Å². The van der Waals surface area contributed by atoms with Crippen LogP contribution in [0.5, 0.6) is 0 Å². The van der Waals surface area contributed by atoms with Gasteiger partial charge < -0.3 is 0 Å². The Labute approximate surface area is 107 Å². The Kier molecular flexibility index (Phi) is 2.81. The first-order valence-electron chi connectivity index (χ1n) is 5.22. The van der Waals surface area contributed by atoms with Crippen molar-refractivity contribution in [1.29, 1.82) is 0 Å². The number of halogens is 4. The average Bonchev–Trinajstić information content (AvgIpc) is 2.54. The normalized spacial score (nSPS) is 13.3. The quantitative estimate of drug-likeness (QED) is 0.747. The fourth-order valence-corrected chi connectivity index (χ4v) is 1.66. The summed E-state index contributed by atoms with van der Waals surface area (Å²) < 4.78 is 40.8. The van der Waals surface area contributed by atoms with Gasteiger partial charge in [0.25, 0.3) is 0 Å². The lowest BCUT2D eigenvalue weighted by atomic mass is 9.93. The lowest BCUT2D eigenvalue weighted by Crippen LogP contribution is -2.14. The van der Waals surface area contributed by atoms with Gasteiger partial charge in [-0.15, -0.1) is 0 Å². The van der Waals surface area contributed by atoms with E-state index in [0.29, 0.717) is 0 Å². The molecule has 0 spiro atoms. The summed E-state index contributed by atoms with van der Waals surface area (Å²) in [5.41, 5.74) is -0.927. The highest BCUT2D eigenvalue weighted by molar-refractivity contribution is 6.21. The van der Waals surface area contributed by atoms with Gasteiger partial charge in [-0.05, 0) is 11.6 Å². The second kappa shape index (κ2) is 3.85. The van der Waals surface area contributed by atoms with Crippen molar-refractivity contribution in [3.8, 4) is 0 Å². The fraction of sp³-hybridized carbons (Fsp3) is 0.455. The molecule has 0 bridgehead atoms. The number of hydrogen-bond acceptors (Lipinski definition) is 2. The van der Waals surface area contributed by atoms with Gasteiger partial charge in [0.1, 0.15) is 23.4 Å². The zero-order chi connectivity index (χ0) is 13.7. The lowest BCUT2D eigenvalue weighted by Gasteiger charge is -2.14. The smallest absolute Gasteiger partial charge is 0.259 e. The van der Waals surface area contributed by atoms with Crippen LogP contribution in [0.4, 0.5) is 13.2 Å². The maximum absolute atomic E-state index is 14.0. The average molecular weight is 278 g/mol. The second-order valence-electron chi connectivity index (χ2n) is 5.00. The Morgan fingerprint density at radius 2 is 1.89 bits per heavy atom. The van der Waals surface area contributed by atoms with Crippen molar-refractivity contribution in [3.63, 3.8) is 0 Å². The van der Waals surface area contributed by atoms with Crippen LogP contribution in [0.25, 0.3) is 5.65 Å². The Balaban J connectivity index is 2.67. The van der Waals surface area contributed by atoms with Crippen LogP contribution in [0, 0.1) is 5.95 Å². The third-order valence-electron chi connectivity index (χ3n) is 2.46. The molecule has 0 aliphatic carbocycles. The number of alkyl halides is 3. The molecule has 0 N–H and O–H groups in total. The Hall–Kier alpha value is -1.30. The zero-order valence-corrected chi connectivity index (χ0v) is 10.8. The van der Waals surface area contributed by atoms with E-state index < -0.39 is 22.4 Å². The van der Waals surface area contributed by atoms with Crippen LogP contribution in [0.2, 0.25) is 0 Å². The molecule has 0 fully saturated rings. The first-order chi connectivity index (χ1) is 8.10. The molecule has 0 aliphatic heterocycles. The zero-order valence-electron chi connectivity index (χ0n) is 10.0. The number of hydrogen-bond donors (Lipinski definition) is 0. The standard InChI is InChI=1S/C11H11ClF3N3/c1-10(2,3)8-9(13)18-5-16-6(11(12,14)15)4-7(18)17-8/h4-5H,1-3H3. The van der Waals surface area contributed by atoms with Crippen molar-refractivity contribution in [1.82, 2.24) is 14.4 Å². The lowest BCUT2D eigenvalue weighted by molar-refractivity contribution is 0.0899. The van der Waals surface area contributed by atoms with Gasteiger partial charge in [0, 0.05) is 11.5 Å². The molecule has 0 saturated carbocycles. The van der Waals surface area contributed by atoms with Gasteiger partial charge in [-0.1, -0.05) is 20.8 Å². The van der Waals surface area contributed by atoms with E-state index in [9.17, 15) is 13.2 Å². The molecule has 0 atom stereocenters. The topological polar surface area (TPSA) is 30.2 Å². The molecule has 0 saturated heterocycles. The maximum Gasteiger partial charge on any atom is 0.364 e. The minimum absolute atomic E-state index is 0.0581. The van der Waals surface area contributed by atoms with Crippen molar-refractivity contribution in [2.24, 2.45) is 0 Å². The van der Waals surface area contributed by atoms with E-state index in [1.165, 1.54) is 0 Å². The third kappa shape index (κ3) is 2.16. The molecule has 2 aromatic heterocycles. The predicted molar refractivity (Wildman–Crippen MR) is 61.4 cm³/mol. The molecule has 98 valence electrons. The van der Waals surface area contributed by atoms with Crippen LogP contribution in [-0.2, 0) is 10.8 Å². The first-order valence-corrected chi connectivity index (χ1v) is 5.60. The Morgan fingerprint density at radius 3 is 2.39 bits per heavy atom. The van der Waals surface area contributed by atoms with Crippen LogP contribution < -0.4 is 0 Å². The highest BCUT2D eigenvalue weighted by Crippen LogP contribution is 2.32. The summed E-state index contributed by atoms with van der Waals surface area (Å²) in [5, 5.41) is -3.59. The second-order valence-corrected chi connectivity index (χ2v) is 5.48. The Morgan fingerprint density at radius 1 is 1.28 bits per heavy atom. The minimum Gasteiger partial charge on any atom is -0.259 e. The summed E-state index contributed by atoms with van der Waals surface area (Å²) >= 11 is 4.87. The largest absolute Gasteiger partial charge is 0.364 e. The van der Waals surface area contributed by atoms with Gasteiger partial charge in [0.15, 0.2) is 0 Å². The van der Waals surface area contributed by atoms with E-state index in [4.69, 9.17) is 11.6 Å². The molecule has 18 heavy (non-hydrogen) atoms. The van der Waals surface area contributed by atoms with Crippen LogP contribution in [0.3, 0.4) is 0 Å². The van der Waals surface area contributed by atoms with E-state index in [-0.39, 0.29) is 11.3 Å². The van der Waals surface area contributed by atoms with Gasteiger partial charge >= 0.3 is 5.38 Å². The molecule has 0 aliphatic rings. The number of aromatic nitrogens is 3. The monoisotopic (exact) mass is 277 g/mol. The number of fused-ring (bicyclic) bond motifs is 1. The molecule has 0 aromatic carbocycles. The molecular weight excluding hydrogens is 267 g/mol. The number of rotatable bonds is 1. The highest BCUT2D eigenvalue weighted by atomic mass is 35.5. The summed E-state index contributed by atoms with van der Waals surface area (Å²) in [6.45, 7) is 5.34. The molecule has 2 rings (SSSR count). The summed E-state index contributed by atoms with van der Waals surface area (Å²) in [6, 6.07) is 0.978. The Bertz CT molecular complexity index is 596. The van der Waals surface area contributed by atoms with Crippen molar-refractivity contribution in [2.75, 3.05) is 0 Å². The van der Waals surface area contributed by atoms with Gasteiger partial charge in [0.05, 0.1) is 0 Å². The number of imidazole rings is 1. The number of nitrogens with zero attached hydrogens (tertiary/aromatic N) is 3. The summed E-state index contributed by atoms with van der Waals surface area (Å²) in [7, 11) is 0. The van der Waals surface area contributed by atoms with Crippen molar-refractivity contribution >= 4 is 17.2 Å². The molecule has 2 aromatic rings. The summed E-state index contributed by atoms with van der Waals surface area (Å²) in [5.74, 6) is -0.602. The highest BCUT2D eigenvalue weighted by Gasteiger charge is 2.31. The van der Waals surface area contributed by atoms with Crippen molar-refractivity contribution in [2.45, 2.75) is 31.6 Å². The third-order valence-corrected chi connectivity index (χ3v) is 2.65. The van der Waals surface area contributed by atoms with E-state index in [0.717, 1.165) is 16.8 Å². The maximum atomic E-state index is 14.0. The molecule has 3 nitrogen and oxygen atoms in total. The molecule has 2 heterocycles. The van der Waals surface area contributed by atoms with E-state index >= 15 is 0 Å².